The topological polar surface area (TPSA) is 72.5 Å². The highest BCUT2D eigenvalue weighted by Gasteiger charge is 2.25. The van der Waals surface area contributed by atoms with E-state index in [1.807, 2.05) is 6.92 Å². The predicted octanol–water partition coefficient (Wildman–Crippen LogP) is 1.53. The van der Waals surface area contributed by atoms with Gasteiger partial charge in [0.05, 0.1) is 18.2 Å². The third-order valence-corrected chi connectivity index (χ3v) is 2.33. The number of nitrogens with one attached hydrogen (secondary N) is 1. The van der Waals surface area contributed by atoms with Gasteiger partial charge in [0.25, 0.3) is 11.8 Å². The minimum absolute atomic E-state index is 0.123. The average Bonchev–Trinajstić information content (AvgIpc) is 2.67. The van der Waals surface area contributed by atoms with Crippen molar-refractivity contribution in [3.05, 3.63) is 35.4 Å². The van der Waals surface area contributed by atoms with E-state index < -0.39 is 0 Å². The Labute approximate surface area is 105 Å². The maximum absolute atomic E-state index is 10.9. The van der Waals surface area contributed by atoms with E-state index in [1.54, 1.807) is 24.3 Å². The Morgan fingerprint density at radius 3 is 2.00 bits per heavy atom. The fraction of sp³-hybridized carbons (Fsp3) is 0.308. The molecule has 1 aromatic carbocycles. The summed E-state index contributed by atoms with van der Waals surface area (Å²) in [5, 5.41) is 2.20. The third kappa shape index (κ3) is 3.41. The molecule has 0 aromatic heterocycles. The molecule has 0 spiro atoms. The van der Waals surface area contributed by atoms with Crippen LogP contribution in [0.5, 0.6) is 0 Å². The van der Waals surface area contributed by atoms with Gasteiger partial charge < -0.3 is 4.74 Å². The number of hydrogen-bond acceptors (Lipinski definition) is 4. The van der Waals surface area contributed by atoms with Crippen LogP contribution in [0.4, 0.5) is 0 Å². The number of fused-ring (bicyclic) bond motifs is 1. The van der Waals surface area contributed by atoms with E-state index in [2.05, 4.69) is 10.1 Å². The molecule has 0 aliphatic carbocycles. The monoisotopic (exact) mass is 249 g/mol. The van der Waals surface area contributed by atoms with Gasteiger partial charge >= 0.3 is 5.97 Å². The molecule has 0 unspecified atom stereocenters. The van der Waals surface area contributed by atoms with Crippen molar-refractivity contribution in [2.75, 3.05) is 7.11 Å². The van der Waals surface area contributed by atoms with Crippen LogP contribution in [0, 0.1) is 0 Å². The molecule has 2 rings (SSSR count). The summed E-state index contributed by atoms with van der Waals surface area (Å²) in [5.41, 5.74) is 0.940. The van der Waals surface area contributed by atoms with Gasteiger partial charge in [-0.15, -0.1) is 0 Å². The molecule has 0 fully saturated rings. The van der Waals surface area contributed by atoms with E-state index in [-0.39, 0.29) is 17.8 Å². The summed E-state index contributed by atoms with van der Waals surface area (Å²) < 4.78 is 4.35. The maximum Gasteiger partial charge on any atom is 0.305 e. The Morgan fingerprint density at radius 1 is 1.17 bits per heavy atom. The zero-order valence-corrected chi connectivity index (χ0v) is 10.4. The van der Waals surface area contributed by atoms with Crippen LogP contribution in [0.3, 0.4) is 0 Å². The number of methoxy groups -OCH3 is 1. The molecule has 0 atom stereocenters. The van der Waals surface area contributed by atoms with Crippen LogP contribution in [0.25, 0.3) is 0 Å². The molecule has 0 bridgehead atoms. The molecule has 0 radical (unpaired) electrons. The first-order chi connectivity index (χ1) is 8.60. The summed E-state index contributed by atoms with van der Waals surface area (Å²) in [7, 11) is 1.40. The first-order valence-electron chi connectivity index (χ1n) is 5.61. The number of carbonyl (C=O) groups excluding carboxylic acids is 3. The van der Waals surface area contributed by atoms with Gasteiger partial charge in [-0.2, -0.15) is 0 Å². The van der Waals surface area contributed by atoms with Gasteiger partial charge in [0.15, 0.2) is 0 Å². The summed E-state index contributed by atoms with van der Waals surface area (Å²) in [6.07, 6.45) is 1.41. The molecule has 5 nitrogen and oxygen atoms in total. The van der Waals surface area contributed by atoms with E-state index in [9.17, 15) is 14.4 Å². The Morgan fingerprint density at radius 2 is 1.67 bits per heavy atom. The van der Waals surface area contributed by atoms with Gasteiger partial charge in [-0.25, -0.2) is 0 Å². The molecule has 0 saturated heterocycles. The zero-order chi connectivity index (χ0) is 13.5. The molecule has 0 saturated carbocycles. The summed E-state index contributed by atoms with van der Waals surface area (Å²) >= 11 is 0. The lowest BCUT2D eigenvalue weighted by Crippen LogP contribution is -2.19. The molecular formula is C13H15NO4. The van der Waals surface area contributed by atoms with Crippen molar-refractivity contribution < 1.29 is 19.1 Å². The molecular weight excluding hydrogens is 234 g/mol. The largest absolute Gasteiger partial charge is 0.469 e. The van der Waals surface area contributed by atoms with Crippen molar-refractivity contribution in [2.45, 2.75) is 19.8 Å². The lowest BCUT2D eigenvalue weighted by Gasteiger charge is -1.91. The Kier molecular flexibility index (Phi) is 5.05. The second kappa shape index (κ2) is 6.54. The minimum Gasteiger partial charge on any atom is -0.469 e. The first-order valence-corrected chi connectivity index (χ1v) is 5.61. The van der Waals surface area contributed by atoms with Crippen molar-refractivity contribution >= 4 is 17.8 Å². The number of hydrogen-bond donors (Lipinski definition) is 1. The molecule has 96 valence electrons. The Balaban J connectivity index is 0.000000203. The molecule has 1 aliphatic heterocycles. The quantitative estimate of drug-likeness (QED) is 0.637. The van der Waals surface area contributed by atoms with Crippen molar-refractivity contribution in [1.29, 1.82) is 0 Å². The van der Waals surface area contributed by atoms with Crippen LogP contribution in [0.2, 0.25) is 0 Å². The summed E-state index contributed by atoms with van der Waals surface area (Å²) in [4.78, 5) is 32.1. The lowest BCUT2D eigenvalue weighted by molar-refractivity contribution is -0.140. The highest BCUT2D eigenvalue weighted by molar-refractivity contribution is 6.21. The van der Waals surface area contributed by atoms with Gasteiger partial charge in [0, 0.05) is 6.42 Å². The number of ether oxygens (including phenoxy) is 1. The van der Waals surface area contributed by atoms with E-state index in [4.69, 9.17) is 0 Å². The second-order valence-corrected chi connectivity index (χ2v) is 3.65. The normalized spacial score (nSPS) is 12.1. The molecule has 2 amide bonds. The second-order valence-electron chi connectivity index (χ2n) is 3.65. The standard InChI is InChI=1S/C8H5NO2.C5H10O2/c10-7-5-3-1-2-4-6(5)8(11)9-7;1-3-4-5(6)7-2/h1-4H,(H,9,10,11);3-4H2,1-2H3. The highest BCUT2D eigenvalue weighted by atomic mass is 16.5. The smallest absolute Gasteiger partial charge is 0.305 e. The highest BCUT2D eigenvalue weighted by Crippen LogP contribution is 2.13. The first kappa shape index (κ1) is 13.9. The fourth-order valence-corrected chi connectivity index (χ4v) is 1.42. The number of esters is 1. The number of carbonyl (C=O) groups is 3. The van der Waals surface area contributed by atoms with E-state index >= 15 is 0 Å². The van der Waals surface area contributed by atoms with Crippen molar-refractivity contribution in [1.82, 2.24) is 5.32 Å². The van der Waals surface area contributed by atoms with Crippen molar-refractivity contribution in [3.8, 4) is 0 Å². The fourth-order valence-electron chi connectivity index (χ4n) is 1.42. The van der Waals surface area contributed by atoms with Crippen molar-refractivity contribution in [3.63, 3.8) is 0 Å². The molecule has 1 heterocycles. The summed E-state index contributed by atoms with van der Waals surface area (Å²) in [6.45, 7) is 1.94. The van der Waals surface area contributed by atoms with E-state index in [1.165, 1.54) is 7.11 Å². The number of rotatable bonds is 2. The van der Waals surface area contributed by atoms with Crippen LogP contribution in [-0.2, 0) is 9.53 Å². The van der Waals surface area contributed by atoms with Gasteiger partial charge in [-0.05, 0) is 18.6 Å². The van der Waals surface area contributed by atoms with Gasteiger partial charge in [0.2, 0.25) is 0 Å². The van der Waals surface area contributed by atoms with Gasteiger partial charge in [0.1, 0.15) is 0 Å². The Bertz CT molecular complexity index is 435. The molecule has 5 heteroatoms. The maximum atomic E-state index is 10.9. The minimum atomic E-state index is -0.300. The summed E-state index contributed by atoms with van der Waals surface area (Å²) in [6, 6.07) is 6.74. The predicted molar refractivity (Wildman–Crippen MR) is 65.2 cm³/mol. The van der Waals surface area contributed by atoms with Crippen LogP contribution < -0.4 is 5.32 Å². The molecule has 1 aliphatic rings. The summed E-state index contributed by atoms with van der Waals surface area (Å²) in [5.74, 6) is -0.723. The molecule has 1 N–H and O–H groups in total. The molecule has 1 aromatic rings. The van der Waals surface area contributed by atoms with Crippen molar-refractivity contribution in [2.24, 2.45) is 0 Å². The number of amides is 2. The number of benzene rings is 1. The van der Waals surface area contributed by atoms with E-state index in [0.717, 1.165) is 6.42 Å². The van der Waals surface area contributed by atoms with Crippen LogP contribution in [0.1, 0.15) is 40.5 Å². The lowest BCUT2D eigenvalue weighted by atomic mass is 10.1. The van der Waals surface area contributed by atoms with Crippen LogP contribution >= 0.6 is 0 Å². The SMILES string of the molecule is CCCC(=O)OC.O=C1NC(=O)c2ccccc21. The third-order valence-electron chi connectivity index (χ3n) is 2.33. The van der Waals surface area contributed by atoms with Crippen LogP contribution in [0.15, 0.2) is 24.3 Å². The molecule has 18 heavy (non-hydrogen) atoms. The Hall–Kier alpha value is -2.17. The van der Waals surface area contributed by atoms with Gasteiger partial charge in [-0.1, -0.05) is 19.1 Å². The van der Waals surface area contributed by atoms with Gasteiger partial charge in [-0.3, -0.25) is 19.7 Å². The van der Waals surface area contributed by atoms with E-state index in [0.29, 0.717) is 17.5 Å². The number of imide groups is 1. The van der Waals surface area contributed by atoms with Crippen LogP contribution in [-0.4, -0.2) is 24.9 Å². The zero-order valence-electron chi connectivity index (χ0n) is 10.4. The average molecular weight is 249 g/mol.